The van der Waals surface area contributed by atoms with Crippen LogP contribution in [0.25, 0.3) is 0 Å². The van der Waals surface area contributed by atoms with Gasteiger partial charge in [-0.15, -0.1) is 0 Å². The Morgan fingerprint density at radius 2 is 2.19 bits per heavy atom. The number of halogens is 1. The average Bonchev–Trinajstić information content (AvgIpc) is 3.04. The topological polar surface area (TPSA) is 55.8 Å². The number of fused-ring (bicyclic) bond motifs is 1. The first-order valence-electron chi connectivity index (χ1n) is 9.65. The Bertz CT molecular complexity index is 717. The van der Waals surface area contributed by atoms with E-state index in [1.165, 1.54) is 38.4 Å². The van der Waals surface area contributed by atoms with Gasteiger partial charge >= 0.3 is 0 Å². The molecule has 0 aromatic heterocycles. The summed E-state index contributed by atoms with van der Waals surface area (Å²) in [5, 5.41) is 8.86. The molecule has 1 saturated heterocycles. The van der Waals surface area contributed by atoms with E-state index in [-0.39, 0.29) is 11.4 Å². The highest BCUT2D eigenvalue weighted by atomic mass is 19.1. The highest BCUT2D eigenvalue weighted by molar-refractivity contribution is 5.93. The third-order valence-electron chi connectivity index (χ3n) is 6.74. The standard InChI is InChI=1S/C20H28FN3O2/c1-3-15-8-17-14(6-13(7-18(17)21)19(25)22-26)10-24(15)16-4-5-20(9-16)11-23(2)12-20/h6-7,15-16,26H,3-5,8-12H2,1-2H3,(H,22,25)/t15-,16+/m0/s1. The van der Waals surface area contributed by atoms with Crippen LogP contribution in [-0.4, -0.2) is 53.1 Å². The molecule has 2 N–H and O–H groups in total. The second-order valence-electron chi connectivity index (χ2n) is 8.54. The first-order chi connectivity index (χ1) is 12.4. The van der Waals surface area contributed by atoms with Gasteiger partial charge in [0.1, 0.15) is 5.82 Å². The van der Waals surface area contributed by atoms with Gasteiger partial charge in [0.15, 0.2) is 0 Å². The molecule has 1 amide bonds. The first-order valence-corrected chi connectivity index (χ1v) is 9.65. The molecule has 0 radical (unpaired) electrons. The van der Waals surface area contributed by atoms with Gasteiger partial charge in [0.2, 0.25) is 0 Å². The lowest BCUT2D eigenvalue weighted by Crippen LogP contribution is -2.54. The maximum atomic E-state index is 14.6. The molecule has 2 heterocycles. The lowest BCUT2D eigenvalue weighted by Gasteiger charge is -2.48. The summed E-state index contributed by atoms with van der Waals surface area (Å²) in [6.45, 7) is 5.25. The SMILES string of the molecule is CC[C@H]1Cc2c(F)cc(C(=O)NO)cc2CN1[C@@H]1CCC2(C1)CN(C)C2. The van der Waals surface area contributed by atoms with Crippen molar-refractivity contribution >= 4 is 5.91 Å². The van der Waals surface area contributed by atoms with Crippen molar-refractivity contribution < 1.29 is 14.4 Å². The van der Waals surface area contributed by atoms with Crippen molar-refractivity contribution in [3.05, 3.63) is 34.6 Å². The number of carbonyl (C=O) groups is 1. The lowest BCUT2D eigenvalue weighted by atomic mass is 9.78. The predicted molar refractivity (Wildman–Crippen MR) is 96.5 cm³/mol. The van der Waals surface area contributed by atoms with Gasteiger partial charge in [0.05, 0.1) is 0 Å². The number of nitrogens with one attached hydrogen (secondary N) is 1. The van der Waals surface area contributed by atoms with Gasteiger partial charge in [-0.3, -0.25) is 14.9 Å². The number of amides is 1. The van der Waals surface area contributed by atoms with E-state index >= 15 is 0 Å². The Kier molecular flexibility index (Phi) is 4.53. The number of nitrogens with zero attached hydrogens (tertiary/aromatic N) is 2. The fraction of sp³-hybridized carbons (Fsp3) is 0.650. The lowest BCUT2D eigenvalue weighted by molar-refractivity contribution is 0.0146. The predicted octanol–water partition coefficient (Wildman–Crippen LogP) is 2.57. The quantitative estimate of drug-likeness (QED) is 0.642. The molecule has 1 saturated carbocycles. The fourth-order valence-electron chi connectivity index (χ4n) is 5.59. The number of carbonyl (C=O) groups excluding carboxylic acids is 1. The molecule has 1 aliphatic carbocycles. The van der Waals surface area contributed by atoms with Crippen LogP contribution in [0.2, 0.25) is 0 Å². The van der Waals surface area contributed by atoms with Crippen molar-refractivity contribution in [2.75, 3.05) is 20.1 Å². The van der Waals surface area contributed by atoms with Crippen LogP contribution in [0.3, 0.4) is 0 Å². The zero-order valence-electron chi connectivity index (χ0n) is 15.6. The minimum absolute atomic E-state index is 0.183. The van der Waals surface area contributed by atoms with Crippen molar-refractivity contribution in [2.24, 2.45) is 5.41 Å². The molecular formula is C20H28FN3O2. The van der Waals surface area contributed by atoms with Crippen LogP contribution in [0.1, 0.15) is 54.1 Å². The van der Waals surface area contributed by atoms with E-state index in [1.807, 2.05) is 0 Å². The molecule has 0 bridgehead atoms. The summed E-state index contributed by atoms with van der Waals surface area (Å²) in [6.07, 6.45) is 5.41. The Labute approximate surface area is 154 Å². The number of benzene rings is 1. The van der Waals surface area contributed by atoms with Gasteiger partial charge in [0, 0.05) is 37.3 Å². The Balaban J connectivity index is 1.58. The number of likely N-dealkylation sites (tertiary alicyclic amines) is 1. The zero-order chi connectivity index (χ0) is 18.5. The molecule has 6 heteroatoms. The molecule has 142 valence electrons. The van der Waals surface area contributed by atoms with Crippen LogP contribution in [-0.2, 0) is 13.0 Å². The molecule has 1 spiro atoms. The van der Waals surface area contributed by atoms with Crippen molar-refractivity contribution in [1.82, 2.24) is 15.3 Å². The summed E-state index contributed by atoms with van der Waals surface area (Å²) in [7, 11) is 2.18. The summed E-state index contributed by atoms with van der Waals surface area (Å²) in [4.78, 5) is 16.7. The molecule has 4 rings (SSSR count). The summed E-state index contributed by atoms with van der Waals surface area (Å²) >= 11 is 0. The van der Waals surface area contributed by atoms with Gasteiger partial charge in [-0.25, -0.2) is 9.87 Å². The van der Waals surface area contributed by atoms with Crippen LogP contribution in [0, 0.1) is 11.2 Å². The molecule has 2 fully saturated rings. The van der Waals surface area contributed by atoms with Crippen LogP contribution in [0.5, 0.6) is 0 Å². The zero-order valence-corrected chi connectivity index (χ0v) is 15.6. The second-order valence-corrected chi connectivity index (χ2v) is 8.54. The maximum Gasteiger partial charge on any atom is 0.274 e. The van der Waals surface area contributed by atoms with Crippen molar-refractivity contribution in [3.8, 4) is 0 Å². The van der Waals surface area contributed by atoms with E-state index in [0.29, 0.717) is 30.5 Å². The number of rotatable bonds is 3. The monoisotopic (exact) mass is 361 g/mol. The van der Waals surface area contributed by atoms with Crippen LogP contribution >= 0.6 is 0 Å². The third-order valence-corrected chi connectivity index (χ3v) is 6.74. The van der Waals surface area contributed by atoms with E-state index in [0.717, 1.165) is 17.5 Å². The Morgan fingerprint density at radius 3 is 2.85 bits per heavy atom. The molecular weight excluding hydrogens is 333 g/mol. The Morgan fingerprint density at radius 1 is 1.42 bits per heavy atom. The van der Waals surface area contributed by atoms with Crippen molar-refractivity contribution in [2.45, 2.75) is 57.7 Å². The smallest absolute Gasteiger partial charge is 0.274 e. The van der Waals surface area contributed by atoms with Crippen LogP contribution in [0.15, 0.2) is 12.1 Å². The largest absolute Gasteiger partial charge is 0.305 e. The highest BCUT2D eigenvalue weighted by Crippen LogP contribution is 2.48. The van der Waals surface area contributed by atoms with Gasteiger partial charge in [-0.05, 0) is 67.8 Å². The van der Waals surface area contributed by atoms with Crippen molar-refractivity contribution in [1.29, 1.82) is 0 Å². The summed E-state index contributed by atoms with van der Waals surface area (Å²) in [6, 6.07) is 3.87. The molecule has 5 nitrogen and oxygen atoms in total. The highest BCUT2D eigenvalue weighted by Gasteiger charge is 2.49. The van der Waals surface area contributed by atoms with Crippen LogP contribution < -0.4 is 5.48 Å². The molecule has 3 aliphatic rings. The minimum atomic E-state index is -0.659. The van der Waals surface area contributed by atoms with Gasteiger partial charge in [0.25, 0.3) is 5.91 Å². The molecule has 2 aliphatic heterocycles. The summed E-state index contributed by atoms with van der Waals surface area (Å²) in [5.74, 6) is -0.990. The second kappa shape index (κ2) is 6.59. The van der Waals surface area contributed by atoms with E-state index in [9.17, 15) is 9.18 Å². The van der Waals surface area contributed by atoms with Gasteiger partial charge < -0.3 is 4.90 Å². The first kappa shape index (κ1) is 17.9. The molecule has 2 atom stereocenters. The number of hydrogen-bond donors (Lipinski definition) is 2. The molecule has 1 aromatic carbocycles. The van der Waals surface area contributed by atoms with Gasteiger partial charge in [-0.2, -0.15) is 0 Å². The molecule has 1 aromatic rings. The van der Waals surface area contributed by atoms with Gasteiger partial charge in [-0.1, -0.05) is 6.92 Å². The summed E-state index contributed by atoms with van der Waals surface area (Å²) in [5.41, 5.74) is 3.90. The average molecular weight is 361 g/mol. The maximum absolute atomic E-state index is 14.6. The van der Waals surface area contributed by atoms with E-state index in [1.54, 1.807) is 11.5 Å². The third kappa shape index (κ3) is 2.94. The number of hydroxylamine groups is 1. The number of hydrogen-bond acceptors (Lipinski definition) is 4. The fourth-order valence-corrected chi connectivity index (χ4v) is 5.59. The normalized spacial score (nSPS) is 28.0. The molecule has 0 unspecified atom stereocenters. The van der Waals surface area contributed by atoms with Crippen molar-refractivity contribution in [3.63, 3.8) is 0 Å². The van der Waals surface area contributed by atoms with Crippen LogP contribution in [0.4, 0.5) is 4.39 Å². The van der Waals surface area contributed by atoms with E-state index in [2.05, 4.69) is 23.8 Å². The molecule has 26 heavy (non-hydrogen) atoms. The van der Waals surface area contributed by atoms with E-state index in [4.69, 9.17) is 5.21 Å². The minimum Gasteiger partial charge on any atom is -0.305 e. The Hall–Kier alpha value is -1.50. The summed E-state index contributed by atoms with van der Waals surface area (Å²) < 4.78 is 14.6. The van der Waals surface area contributed by atoms with E-state index < -0.39 is 5.91 Å².